The van der Waals surface area contributed by atoms with Gasteiger partial charge in [-0.2, -0.15) is 4.98 Å². The predicted molar refractivity (Wildman–Crippen MR) is 128 cm³/mol. The van der Waals surface area contributed by atoms with Crippen LogP contribution in [0.5, 0.6) is 23.3 Å². The summed E-state index contributed by atoms with van der Waals surface area (Å²) in [4.78, 5) is 27.4. The van der Waals surface area contributed by atoms with E-state index in [4.69, 9.17) is 18.9 Å². The standard InChI is InChI=1S/C24H24N4O5S/c1-14-20-23(32-4)27-18(13-30-2)28-24(20)34-21(14)22(29)26-12-15-8-9-19(25-11-15)33-17-7-5-6-16(10-17)31-3/h5-11H,12-13H2,1-4H3,(H,26,29). The Morgan fingerprint density at radius 1 is 1.06 bits per heavy atom. The number of hydrogen-bond donors (Lipinski definition) is 1. The van der Waals surface area contributed by atoms with E-state index in [1.807, 2.05) is 31.2 Å². The van der Waals surface area contributed by atoms with Gasteiger partial charge in [-0.25, -0.2) is 9.97 Å². The molecule has 4 aromatic rings. The molecule has 4 rings (SSSR count). The first-order valence-corrected chi connectivity index (χ1v) is 11.2. The highest BCUT2D eigenvalue weighted by Crippen LogP contribution is 2.35. The maximum Gasteiger partial charge on any atom is 0.261 e. The number of thiophene rings is 1. The Morgan fingerprint density at radius 3 is 2.59 bits per heavy atom. The highest BCUT2D eigenvalue weighted by molar-refractivity contribution is 7.20. The smallest absolute Gasteiger partial charge is 0.261 e. The molecular formula is C24H24N4O5S. The van der Waals surface area contributed by atoms with E-state index in [9.17, 15) is 4.79 Å². The van der Waals surface area contributed by atoms with E-state index >= 15 is 0 Å². The number of aryl methyl sites for hydroxylation is 1. The number of nitrogens with zero attached hydrogens (tertiary/aromatic N) is 3. The van der Waals surface area contributed by atoms with Gasteiger partial charge in [0.2, 0.25) is 11.8 Å². The molecule has 0 aliphatic heterocycles. The monoisotopic (exact) mass is 480 g/mol. The first-order chi connectivity index (χ1) is 16.5. The van der Waals surface area contributed by atoms with Crippen LogP contribution in [-0.4, -0.2) is 42.2 Å². The number of nitrogens with one attached hydrogen (secondary N) is 1. The normalized spacial score (nSPS) is 10.8. The number of fused-ring (bicyclic) bond motifs is 1. The average Bonchev–Trinajstić information content (AvgIpc) is 3.19. The van der Waals surface area contributed by atoms with Crippen LogP contribution in [0.3, 0.4) is 0 Å². The number of carbonyl (C=O) groups excluding carboxylic acids is 1. The maximum absolute atomic E-state index is 12.9. The van der Waals surface area contributed by atoms with Crippen molar-refractivity contribution in [1.29, 1.82) is 0 Å². The van der Waals surface area contributed by atoms with Gasteiger partial charge in [-0.05, 0) is 30.2 Å². The molecule has 3 heterocycles. The predicted octanol–water partition coefficient (Wildman–Crippen LogP) is 4.28. The van der Waals surface area contributed by atoms with Crippen molar-refractivity contribution in [2.75, 3.05) is 21.3 Å². The minimum atomic E-state index is -0.201. The molecule has 0 spiro atoms. The molecule has 3 aromatic heterocycles. The highest BCUT2D eigenvalue weighted by atomic mass is 32.1. The van der Waals surface area contributed by atoms with Gasteiger partial charge in [0, 0.05) is 32.0 Å². The van der Waals surface area contributed by atoms with E-state index in [0.717, 1.165) is 16.5 Å². The third-order valence-electron chi connectivity index (χ3n) is 4.99. The molecule has 176 valence electrons. The Morgan fingerprint density at radius 2 is 1.88 bits per heavy atom. The second-order valence-electron chi connectivity index (χ2n) is 7.29. The largest absolute Gasteiger partial charge is 0.497 e. The van der Waals surface area contributed by atoms with Crippen LogP contribution in [0, 0.1) is 6.92 Å². The van der Waals surface area contributed by atoms with Crippen LogP contribution in [0.4, 0.5) is 0 Å². The fraction of sp³-hybridized carbons (Fsp3) is 0.250. The summed E-state index contributed by atoms with van der Waals surface area (Å²) in [5, 5.41) is 3.67. The molecule has 0 bridgehead atoms. The number of amides is 1. The summed E-state index contributed by atoms with van der Waals surface area (Å²) in [6.07, 6.45) is 1.67. The van der Waals surface area contributed by atoms with E-state index in [1.165, 1.54) is 11.3 Å². The second-order valence-corrected chi connectivity index (χ2v) is 8.29. The lowest BCUT2D eigenvalue weighted by Gasteiger charge is -2.08. The average molecular weight is 481 g/mol. The Balaban J connectivity index is 1.44. The van der Waals surface area contributed by atoms with Crippen molar-refractivity contribution in [3.63, 3.8) is 0 Å². The fourth-order valence-electron chi connectivity index (χ4n) is 3.33. The lowest BCUT2D eigenvalue weighted by atomic mass is 10.2. The summed E-state index contributed by atoms with van der Waals surface area (Å²) in [6, 6.07) is 10.9. The van der Waals surface area contributed by atoms with Crippen molar-refractivity contribution in [2.24, 2.45) is 0 Å². The van der Waals surface area contributed by atoms with E-state index in [-0.39, 0.29) is 12.5 Å². The van der Waals surface area contributed by atoms with E-state index < -0.39 is 0 Å². The van der Waals surface area contributed by atoms with Crippen molar-refractivity contribution >= 4 is 27.5 Å². The van der Waals surface area contributed by atoms with Crippen molar-refractivity contribution in [3.05, 3.63) is 64.4 Å². The summed E-state index contributed by atoms with van der Waals surface area (Å²) in [5.41, 5.74) is 1.61. The molecule has 10 heteroatoms. The van der Waals surface area contributed by atoms with E-state index in [1.54, 1.807) is 39.7 Å². The molecule has 0 atom stereocenters. The summed E-state index contributed by atoms with van der Waals surface area (Å²) in [6.45, 7) is 2.44. The van der Waals surface area contributed by atoms with Gasteiger partial charge < -0.3 is 24.3 Å². The molecule has 0 fully saturated rings. The lowest BCUT2D eigenvalue weighted by molar-refractivity contribution is 0.0954. The topological polar surface area (TPSA) is 105 Å². The van der Waals surface area contributed by atoms with E-state index in [0.29, 0.717) is 45.3 Å². The zero-order valence-electron chi connectivity index (χ0n) is 19.2. The van der Waals surface area contributed by atoms with Gasteiger partial charge in [-0.3, -0.25) is 4.79 Å². The van der Waals surface area contributed by atoms with Crippen LogP contribution in [0.1, 0.15) is 26.6 Å². The molecule has 9 nitrogen and oxygen atoms in total. The molecular weight excluding hydrogens is 456 g/mol. The molecule has 0 radical (unpaired) electrons. The lowest BCUT2D eigenvalue weighted by Crippen LogP contribution is -2.22. The Bertz CT molecular complexity index is 1310. The number of methoxy groups -OCH3 is 3. The van der Waals surface area contributed by atoms with Crippen molar-refractivity contribution in [2.45, 2.75) is 20.1 Å². The number of carbonyl (C=O) groups is 1. The highest BCUT2D eigenvalue weighted by Gasteiger charge is 2.21. The third kappa shape index (κ3) is 5.08. The minimum absolute atomic E-state index is 0.201. The van der Waals surface area contributed by atoms with Crippen LogP contribution < -0.4 is 19.5 Å². The van der Waals surface area contributed by atoms with Gasteiger partial charge in [-0.15, -0.1) is 11.3 Å². The zero-order chi connectivity index (χ0) is 24.1. The SMILES string of the molecule is COCc1nc(OC)c2c(C)c(C(=O)NCc3ccc(Oc4cccc(OC)c4)nc3)sc2n1. The van der Waals surface area contributed by atoms with Crippen LogP contribution in [0.25, 0.3) is 10.2 Å². The number of hydrogen-bond acceptors (Lipinski definition) is 9. The van der Waals surface area contributed by atoms with Gasteiger partial charge in [0.25, 0.3) is 5.91 Å². The summed E-state index contributed by atoms with van der Waals surface area (Å²) >= 11 is 1.30. The maximum atomic E-state index is 12.9. The van der Waals surface area contributed by atoms with Crippen molar-refractivity contribution in [3.8, 4) is 23.3 Å². The van der Waals surface area contributed by atoms with Gasteiger partial charge in [0.1, 0.15) is 22.9 Å². The molecule has 0 aliphatic rings. The molecule has 0 saturated heterocycles. The number of ether oxygens (including phenoxy) is 4. The summed E-state index contributed by atoms with van der Waals surface area (Å²) in [5.74, 6) is 2.50. The van der Waals surface area contributed by atoms with Gasteiger partial charge >= 0.3 is 0 Å². The Labute approximate surface area is 200 Å². The van der Waals surface area contributed by atoms with Crippen molar-refractivity contribution < 1.29 is 23.7 Å². The van der Waals surface area contributed by atoms with Gasteiger partial charge in [-0.1, -0.05) is 12.1 Å². The van der Waals surface area contributed by atoms with Crippen LogP contribution in [0.15, 0.2) is 42.6 Å². The molecule has 1 aromatic carbocycles. The summed E-state index contributed by atoms with van der Waals surface area (Å²) < 4.78 is 21.5. The number of pyridine rings is 1. The van der Waals surface area contributed by atoms with Crippen LogP contribution in [0.2, 0.25) is 0 Å². The number of rotatable bonds is 9. The minimum Gasteiger partial charge on any atom is -0.497 e. The Hall–Kier alpha value is -3.76. The number of benzene rings is 1. The first kappa shape index (κ1) is 23.4. The molecule has 34 heavy (non-hydrogen) atoms. The first-order valence-electron chi connectivity index (χ1n) is 10.4. The van der Waals surface area contributed by atoms with Gasteiger partial charge in [0.05, 0.1) is 24.5 Å². The molecule has 1 N–H and O–H groups in total. The molecule has 0 aliphatic carbocycles. The van der Waals surface area contributed by atoms with Crippen LogP contribution in [-0.2, 0) is 17.9 Å². The Kier molecular flexibility index (Phi) is 7.19. The quantitative estimate of drug-likeness (QED) is 0.379. The molecule has 0 saturated carbocycles. The zero-order valence-corrected chi connectivity index (χ0v) is 20.1. The van der Waals surface area contributed by atoms with Gasteiger partial charge in [0.15, 0.2) is 5.82 Å². The van der Waals surface area contributed by atoms with Crippen LogP contribution >= 0.6 is 11.3 Å². The molecule has 1 amide bonds. The second kappa shape index (κ2) is 10.4. The number of aromatic nitrogens is 3. The van der Waals surface area contributed by atoms with Crippen molar-refractivity contribution in [1.82, 2.24) is 20.3 Å². The fourth-order valence-corrected chi connectivity index (χ4v) is 4.43. The molecule has 0 unspecified atom stereocenters. The third-order valence-corrected chi connectivity index (χ3v) is 6.18. The van der Waals surface area contributed by atoms with E-state index in [2.05, 4.69) is 20.3 Å². The summed E-state index contributed by atoms with van der Waals surface area (Å²) in [7, 11) is 4.72.